The predicted octanol–water partition coefficient (Wildman–Crippen LogP) is 4.98. The molecule has 2 aliphatic heterocycles. The van der Waals surface area contributed by atoms with Crippen molar-refractivity contribution in [2.75, 3.05) is 38.1 Å². The quantitative estimate of drug-likeness (QED) is 0.360. The third-order valence-electron chi connectivity index (χ3n) is 7.98. The Labute approximate surface area is 224 Å². The number of hydrogen-bond donors (Lipinski definition) is 0. The first-order valence-electron chi connectivity index (χ1n) is 13.3. The molecule has 2 aliphatic rings. The molecule has 4 aromatic rings. The lowest BCUT2D eigenvalue weighted by Crippen LogP contribution is -2.50. The largest absolute Gasteiger partial charge is 0.312 e. The van der Waals surface area contributed by atoms with E-state index in [0.717, 1.165) is 37.7 Å². The minimum Gasteiger partial charge on any atom is -0.312 e. The molecule has 6 rings (SSSR count). The first-order chi connectivity index (χ1) is 18.5. The second kappa shape index (κ2) is 10.1. The highest BCUT2D eigenvalue weighted by molar-refractivity contribution is 6.00. The second-order valence-electron chi connectivity index (χ2n) is 10.5. The smallest absolute Gasteiger partial charge is 0.148 e. The third-order valence-corrected chi connectivity index (χ3v) is 7.98. The van der Waals surface area contributed by atoms with Crippen LogP contribution >= 0.6 is 0 Å². The van der Waals surface area contributed by atoms with E-state index in [0.29, 0.717) is 12.2 Å². The zero-order chi connectivity index (χ0) is 26.2. The van der Waals surface area contributed by atoms with Crippen LogP contribution in [0.15, 0.2) is 90.6 Å². The van der Waals surface area contributed by atoms with E-state index in [4.69, 9.17) is 0 Å². The third kappa shape index (κ3) is 4.27. The monoisotopic (exact) mass is 503 g/mol. The van der Waals surface area contributed by atoms with E-state index in [1.165, 1.54) is 33.0 Å². The number of nitrogens with zero attached hydrogens (tertiary/aromatic N) is 5. The van der Waals surface area contributed by atoms with Crippen LogP contribution in [0.25, 0.3) is 16.3 Å². The molecular weight excluding hydrogens is 470 g/mol. The van der Waals surface area contributed by atoms with Crippen molar-refractivity contribution >= 4 is 28.1 Å². The van der Waals surface area contributed by atoms with Gasteiger partial charge in [0.1, 0.15) is 17.5 Å². The first kappa shape index (κ1) is 24.4. The molecule has 0 aliphatic carbocycles. The molecule has 0 spiro atoms. The van der Waals surface area contributed by atoms with Gasteiger partial charge in [-0.2, -0.15) is 0 Å². The van der Waals surface area contributed by atoms with Crippen molar-refractivity contribution in [2.24, 2.45) is 0 Å². The lowest BCUT2D eigenvalue weighted by atomic mass is 9.92. The molecule has 0 bridgehead atoms. The van der Waals surface area contributed by atoms with Gasteiger partial charge >= 0.3 is 0 Å². The molecular formula is C32H33N5O. The maximum Gasteiger partial charge on any atom is 0.148 e. The zero-order valence-corrected chi connectivity index (χ0v) is 22.3. The van der Waals surface area contributed by atoms with Crippen molar-refractivity contribution in [1.29, 1.82) is 0 Å². The average molecular weight is 504 g/mol. The summed E-state index contributed by atoms with van der Waals surface area (Å²) in [5, 5.41) is 2.39. The SMILES string of the molecule is CC1=C(c2cccc3ccccc23)C(N2CCN(C)CC2)C(=C=O)N1c1cncn1Cc1ccc(C)cc1. The summed E-state index contributed by atoms with van der Waals surface area (Å²) in [7, 11) is 2.16. The molecule has 38 heavy (non-hydrogen) atoms. The number of aryl methyl sites for hydroxylation is 1. The highest BCUT2D eigenvalue weighted by Crippen LogP contribution is 2.44. The number of carbonyl (C=O) groups excluding carboxylic acids is 1. The molecule has 3 aromatic carbocycles. The van der Waals surface area contributed by atoms with Gasteiger partial charge in [-0.05, 0) is 42.8 Å². The number of benzene rings is 3. The second-order valence-corrected chi connectivity index (χ2v) is 10.5. The van der Waals surface area contributed by atoms with E-state index < -0.39 is 0 Å². The van der Waals surface area contributed by atoms with Gasteiger partial charge in [0, 0.05) is 37.4 Å². The van der Waals surface area contributed by atoms with E-state index in [1.807, 2.05) is 12.5 Å². The summed E-state index contributed by atoms with van der Waals surface area (Å²) in [5.41, 5.74) is 6.46. The molecule has 6 heteroatoms. The normalized spacial score (nSPS) is 19.0. The lowest BCUT2D eigenvalue weighted by Gasteiger charge is -2.37. The number of imidazole rings is 1. The standard InChI is InChI=1S/C32H33N5O/c1-23-11-13-25(14-12-23)20-36-22-33-19-30(36)37-24(2)31(28-10-6-8-26-7-4-5-9-27(26)28)32(29(37)21-38)35-17-15-34(3)16-18-35/h4-14,19,22,32H,15-18,20H2,1-3H3. The van der Waals surface area contributed by atoms with Gasteiger partial charge in [-0.3, -0.25) is 9.80 Å². The van der Waals surface area contributed by atoms with Crippen molar-refractivity contribution in [3.63, 3.8) is 0 Å². The van der Waals surface area contributed by atoms with Gasteiger partial charge in [-0.25, -0.2) is 9.78 Å². The Bertz CT molecular complexity index is 1550. The van der Waals surface area contributed by atoms with Gasteiger partial charge < -0.3 is 9.47 Å². The Morgan fingerprint density at radius 2 is 1.66 bits per heavy atom. The zero-order valence-electron chi connectivity index (χ0n) is 22.3. The van der Waals surface area contributed by atoms with E-state index in [9.17, 15) is 4.79 Å². The molecule has 1 fully saturated rings. The van der Waals surface area contributed by atoms with E-state index in [2.05, 4.69) is 118 Å². The van der Waals surface area contributed by atoms with Crippen LogP contribution < -0.4 is 4.90 Å². The molecule has 1 aromatic heterocycles. The summed E-state index contributed by atoms with van der Waals surface area (Å²) in [6, 6.07) is 23.4. The molecule has 3 heterocycles. The fourth-order valence-corrected chi connectivity index (χ4v) is 5.90. The van der Waals surface area contributed by atoms with Gasteiger partial charge in [0.2, 0.25) is 0 Å². The van der Waals surface area contributed by atoms with Crippen LogP contribution in [-0.4, -0.2) is 64.6 Å². The fraction of sp³-hybridized carbons (Fsp3) is 0.281. The van der Waals surface area contributed by atoms with Crippen molar-refractivity contribution in [2.45, 2.75) is 26.4 Å². The van der Waals surface area contributed by atoms with Crippen molar-refractivity contribution in [3.8, 4) is 0 Å². The molecule has 192 valence electrons. The summed E-state index contributed by atoms with van der Waals surface area (Å²) in [6.07, 6.45) is 3.72. The summed E-state index contributed by atoms with van der Waals surface area (Å²) in [5.74, 6) is 3.28. The highest BCUT2D eigenvalue weighted by atomic mass is 16.1. The maximum atomic E-state index is 12.8. The number of hydrogen-bond acceptors (Lipinski definition) is 5. The predicted molar refractivity (Wildman–Crippen MR) is 154 cm³/mol. The minimum atomic E-state index is -0.172. The highest BCUT2D eigenvalue weighted by Gasteiger charge is 2.42. The van der Waals surface area contributed by atoms with Crippen LogP contribution in [0, 0.1) is 6.92 Å². The minimum absolute atomic E-state index is 0.172. The Kier molecular flexibility index (Phi) is 6.46. The number of rotatable bonds is 5. The number of fused-ring (bicyclic) bond motifs is 1. The summed E-state index contributed by atoms with van der Waals surface area (Å²) in [6.45, 7) is 8.63. The van der Waals surface area contributed by atoms with Crippen LogP contribution in [0.3, 0.4) is 0 Å². The van der Waals surface area contributed by atoms with Crippen LogP contribution in [0.2, 0.25) is 0 Å². The first-order valence-corrected chi connectivity index (χ1v) is 13.3. The van der Waals surface area contributed by atoms with E-state index in [-0.39, 0.29) is 6.04 Å². The summed E-state index contributed by atoms with van der Waals surface area (Å²) >= 11 is 0. The summed E-state index contributed by atoms with van der Waals surface area (Å²) in [4.78, 5) is 24.2. The Balaban J connectivity index is 1.50. The molecule has 1 atom stereocenters. The molecule has 6 nitrogen and oxygen atoms in total. The number of anilines is 1. The molecule has 0 saturated carbocycles. The molecule has 0 amide bonds. The number of piperazine rings is 1. The van der Waals surface area contributed by atoms with Gasteiger partial charge in [-0.15, -0.1) is 0 Å². The van der Waals surface area contributed by atoms with E-state index >= 15 is 0 Å². The van der Waals surface area contributed by atoms with Crippen LogP contribution in [0.1, 0.15) is 23.6 Å². The van der Waals surface area contributed by atoms with Gasteiger partial charge in [0.25, 0.3) is 0 Å². The molecule has 1 saturated heterocycles. The van der Waals surface area contributed by atoms with Crippen LogP contribution in [-0.2, 0) is 11.3 Å². The Morgan fingerprint density at radius 1 is 0.921 bits per heavy atom. The van der Waals surface area contributed by atoms with Gasteiger partial charge in [0.05, 0.1) is 25.1 Å². The van der Waals surface area contributed by atoms with Crippen molar-refractivity contribution < 1.29 is 4.79 Å². The summed E-state index contributed by atoms with van der Waals surface area (Å²) < 4.78 is 2.12. The number of allylic oxidation sites excluding steroid dienone is 1. The van der Waals surface area contributed by atoms with Gasteiger partial charge in [-0.1, -0.05) is 72.3 Å². The maximum absolute atomic E-state index is 12.8. The number of likely N-dealkylation sites (N-methyl/N-ethyl adjacent to an activating group) is 1. The van der Waals surface area contributed by atoms with Crippen LogP contribution in [0.4, 0.5) is 5.82 Å². The van der Waals surface area contributed by atoms with Gasteiger partial charge in [0.15, 0.2) is 0 Å². The molecule has 0 N–H and O–H groups in total. The Morgan fingerprint density at radius 3 is 2.42 bits per heavy atom. The lowest BCUT2D eigenvalue weighted by molar-refractivity contribution is 0.146. The van der Waals surface area contributed by atoms with Crippen molar-refractivity contribution in [3.05, 3.63) is 107 Å². The average Bonchev–Trinajstić information content (AvgIpc) is 3.51. The van der Waals surface area contributed by atoms with E-state index in [1.54, 1.807) is 0 Å². The topological polar surface area (TPSA) is 44.6 Å². The molecule has 0 radical (unpaired) electrons. The van der Waals surface area contributed by atoms with Crippen molar-refractivity contribution in [1.82, 2.24) is 19.4 Å². The van der Waals surface area contributed by atoms with Crippen LogP contribution in [0.5, 0.6) is 0 Å². The molecule has 1 unspecified atom stereocenters. The fourth-order valence-electron chi connectivity index (χ4n) is 5.90. The number of aromatic nitrogens is 2. The Hall–Kier alpha value is -3.96.